The van der Waals surface area contributed by atoms with Crippen LogP contribution in [0.1, 0.15) is 6.92 Å². The molecule has 6 nitrogen and oxygen atoms in total. The van der Waals surface area contributed by atoms with Gasteiger partial charge in [0.05, 0.1) is 6.61 Å². The van der Waals surface area contributed by atoms with Crippen molar-refractivity contribution in [2.45, 2.75) is 6.92 Å². The van der Waals surface area contributed by atoms with Crippen LogP contribution in [0, 0.1) is 0 Å². The number of aromatic nitrogens is 2. The standard InChI is InChI=1S/C12H14N4O2/c1-2-17-9-3-5-10(6-4-9)18-12-7-11(16-13)14-8-15-12/h3-8H,2,13H2,1H3,(H,14,15,16). The molecule has 94 valence electrons. The number of benzene rings is 1. The molecule has 0 saturated heterocycles. The van der Waals surface area contributed by atoms with Crippen LogP contribution >= 0.6 is 0 Å². The highest BCUT2D eigenvalue weighted by Gasteiger charge is 2.01. The van der Waals surface area contributed by atoms with E-state index in [0.717, 1.165) is 5.75 Å². The van der Waals surface area contributed by atoms with Crippen LogP contribution in [0.5, 0.6) is 17.4 Å². The van der Waals surface area contributed by atoms with Gasteiger partial charge in [-0.1, -0.05) is 0 Å². The zero-order chi connectivity index (χ0) is 12.8. The van der Waals surface area contributed by atoms with Gasteiger partial charge in [-0.25, -0.2) is 15.8 Å². The number of anilines is 1. The van der Waals surface area contributed by atoms with Crippen LogP contribution in [-0.4, -0.2) is 16.6 Å². The Kier molecular flexibility index (Phi) is 3.93. The van der Waals surface area contributed by atoms with Crippen LogP contribution in [0.15, 0.2) is 36.7 Å². The number of rotatable bonds is 5. The van der Waals surface area contributed by atoms with E-state index < -0.39 is 0 Å². The van der Waals surface area contributed by atoms with Crippen molar-refractivity contribution in [1.29, 1.82) is 0 Å². The number of nitrogens with one attached hydrogen (secondary N) is 1. The van der Waals surface area contributed by atoms with E-state index in [1.54, 1.807) is 6.07 Å². The second kappa shape index (κ2) is 5.83. The predicted octanol–water partition coefficient (Wildman–Crippen LogP) is 1.95. The molecule has 18 heavy (non-hydrogen) atoms. The molecule has 1 aromatic carbocycles. The summed E-state index contributed by atoms with van der Waals surface area (Å²) in [6.07, 6.45) is 1.37. The Balaban J connectivity index is 2.08. The molecule has 2 aromatic rings. The van der Waals surface area contributed by atoms with Gasteiger partial charge in [0.2, 0.25) is 5.88 Å². The average molecular weight is 246 g/mol. The lowest BCUT2D eigenvalue weighted by Crippen LogP contribution is -2.08. The van der Waals surface area contributed by atoms with Gasteiger partial charge in [-0.15, -0.1) is 0 Å². The maximum atomic E-state index is 5.55. The summed E-state index contributed by atoms with van der Waals surface area (Å²) in [6, 6.07) is 8.89. The van der Waals surface area contributed by atoms with Gasteiger partial charge in [0.15, 0.2) is 0 Å². The summed E-state index contributed by atoms with van der Waals surface area (Å²) in [4.78, 5) is 7.87. The minimum absolute atomic E-state index is 0.419. The Morgan fingerprint density at radius 3 is 2.56 bits per heavy atom. The van der Waals surface area contributed by atoms with Gasteiger partial charge in [0.1, 0.15) is 23.6 Å². The van der Waals surface area contributed by atoms with Crippen molar-refractivity contribution in [2.75, 3.05) is 12.0 Å². The fourth-order valence-corrected chi connectivity index (χ4v) is 1.37. The lowest BCUT2D eigenvalue weighted by molar-refractivity contribution is 0.339. The SMILES string of the molecule is CCOc1ccc(Oc2cc(NN)ncn2)cc1. The number of nitrogens with two attached hydrogens (primary N) is 1. The van der Waals surface area contributed by atoms with E-state index in [1.165, 1.54) is 6.33 Å². The first-order valence-corrected chi connectivity index (χ1v) is 5.51. The minimum atomic E-state index is 0.419. The Bertz CT molecular complexity index is 502. The summed E-state index contributed by atoms with van der Waals surface area (Å²) in [5.41, 5.74) is 2.43. The van der Waals surface area contributed by atoms with E-state index in [4.69, 9.17) is 15.3 Å². The zero-order valence-corrected chi connectivity index (χ0v) is 9.96. The topological polar surface area (TPSA) is 82.3 Å². The molecule has 0 aliphatic rings. The lowest BCUT2D eigenvalue weighted by atomic mass is 10.3. The predicted molar refractivity (Wildman–Crippen MR) is 67.5 cm³/mol. The Labute approximate surface area is 105 Å². The quantitative estimate of drug-likeness (QED) is 0.620. The first-order chi connectivity index (χ1) is 8.81. The van der Waals surface area contributed by atoms with E-state index in [2.05, 4.69) is 15.4 Å². The van der Waals surface area contributed by atoms with E-state index in [9.17, 15) is 0 Å². The zero-order valence-electron chi connectivity index (χ0n) is 9.96. The highest BCUT2D eigenvalue weighted by molar-refractivity contribution is 5.38. The third-order valence-electron chi connectivity index (χ3n) is 2.15. The third kappa shape index (κ3) is 3.08. The fourth-order valence-electron chi connectivity index (χ4n) is 1.37. The monoisotopic (exact) mass is 246 g/mol. The normalized spacial score (nSPS) is 9.89. The molecule has 0 aliphatic carbocycles. The molecular formula is C12H14N4O2. The molecule has 2 rings (SSSR count). The molecular weight excluding hydrogens is 232 g/mol. The summed E-state index contributed by atoms with van der Waals surface area (Å²) >= 11 is 0. The molecule has 0 spiro atoms. The van der Waals surface area contributed by atoms with Crippen LogP contribution in [-0.2, 0) is 0 Å². The molecule has 6 heteroatoms. The van der Waals surface area contributed by atoms with Crippen molar-refractivity contribution in [2.24, 2.45) is 5.84 Å². The smallest absolute Gasteiger partial charge is 0.224 e. The second-order valence-corrected chi connectivity index (χ2v) is 3.39. The van der Waals surface area contributed by atoms with Crippen molar-refractivity contribution in [3.05, 3.63) is 36.7 Å². The van der Waals surface area contributed by atoms with Gasteiger partial charge >= 0.3 is 0 Å². The summed E-state index contributed by atoms with van der Waals surface area (Å²) in [6.45, 7) is 2.57. The number of hydrogen-bond donors (Lipinski definition) is 2. The van der Waals surface area contributed by atoms with Crippen molar-refractivity contribution >= 4 is 5.82 Å². The highest BCUT2D eigenvalue weighted by Crippen LogP contribution is 2.23. The first kappa shape index (κ1) is 12.1. The Hall–Kier alpha value is -2.34. The maximum Gasteiger partial charge on any atom is 0.224 e. The van der Waals surface area contributed by atoms with Crippen molar-refractivity contribution < 1.29 is 9.47 Å². The molecule has 0 unspecified atom stereocenters. The van der Waals surface area contributed by atoms with Crippen LogP contribution in [0.2, 0.25) is 0 Å². The van der Waals surface area contributed by atoms with Gasteiger partial charge in [-0.2, -0.15) is 0 Å². The van der Waals surface area contributed by atoms with Crippen LogP contribution < -0.4 is 20.7 Å². The second-order valence-electron chi connectivity index (χ2n) is 3.39. The van der Waals surface area contributed by atoms with Gasteiger partial charge < -0.3 is 14.9 Å². The largest absolute Gasteiger partial charge is 0.494 e. The molecule has 1 aromatic heterocycles. The Morgan fingerprint density at radius 2 is 1.89 bits per heavy atom. The van der Waals surface area contributed by atoms with Crippen molar-refractivity contribution in [3.63, 3.8) is 0 Å². The molecule has 1 heterocycles. The number of hydrogen-bond acceptors (Lipinski definition) is 6. The average Bonchev–Trinajstić information content (AvgIpc) is 2.42. The number of ether oxygens (including phenoxy) is 2. The fraction of sp³-hybridized carbons (Fsp3) is 0.167. The third-order valence-corrected chi connectivity index (χ3v) is 2.15. The molecule has 3 N–H and O–H groups in total. The molecule has 0 atom stereocenters. The van der Waals surface area contributed by atoms with E-state index >= 15 is 0 Å². The van der Waals surface area contributed by atoms with E-state index in [1.807, 2.05) is 31.2 Å². The molecule has 0 amide bonds. The maximum absolute atomic E-state index is 5.55. The first-order valence-electron chi connectivity index (χ1n) is 5.51. The van der Waals surface area contributed by atoms with E-state index in [0.29, 0.717) is 24.1 Å². The van der Waals surface area contributed by atoms with Gasteiger partial charge in [0, 0.05) is 6.07 Å². The Morgan fingerprint density at radius 1 is 1.17 bits per heavy atom. The van der Waals surface area contributed by atoms with Crippen molar-refractivity contribution in [3.8, 4) is 17.4 Å². The summed E-state index contributed by atoms with van der Waals surface area (Å²) < 4.78 is 10.9. The lowest BCUT2D eigenvalue weighted by Gasteiger charge is -2.07. The van der Waals surface area contributed by atoms with Crippen LogP contribution in [0.3, 0.4) is 0 Å². The van der Waals surface area contributed by atoms with E-state index in [-0.39, 0.29) is 0 Å². The summed E-state index contributed by atoms with van der Waals surface area (Å²) in [5.74, 6) is 7.63. The molecule has 0 saturated carbocycles. The molecule has 0 fully saturated rings. The van der Waals surface area contributed by atoms with Crippen LogP contribution in [0.25, 0.3) is 0 Å². The molecule has 0 aliphatic heterocycles. The summed E-state index contributed by atoms with van der Waals surface area (Å²) in [7, 11) is 0. The van der Waals surface area contributed by atoms with Gasteiger partial charge in [0.25, 0.3) is 0 Å². The van der Waals surface area contributed by atoms with Gasteiger partial charge in [-0.05, 0) is 31.2 Å². The number of nitrogen functional groups attached to an aromatic ring is 1. The van der Waals surface area contributed by atoms with Crippen LogP contribution in [0.4, 0.5) is 5.82 Å². The number of nitrogens with zero attached hydrogens (tertiary/aromatic N) is 2. The summed E-state index contributed by atoms with van der Waals surface area (Å²) in [5, 5.41) is 0. The molecule has 0 bridgehead atoms. The molecule has 0 radical (unpaired) electrons. The van der Waals surface area contributed by atoms with Gasteiger partial charge in [-0.3, -0.25) is 0 Å². The number of hydrazine groups is 1. The minimum Gasteiger partial charge on any atom is -0.494 e. The highest BCUT2D eigenvalue weighted by atomic mass is 16.5. The van der Waals surface area contributed by atoms with Crippen molar-refractivity contribution in [1.82, 2.24) is 9.97 Å².